The second-order valence-electron chi connectivity index (χ2n) is 7.65. The summed E-state index contributed by atoms with van der Waals surface area (Å²) in [5.41, 5.74) is 11.9. The molecule has 3 heterocycles. The molecule has 1 unspecified atom stereocenters. The average Bonchev–Trinajstić information content (AvgIpc) is 2.74. The molecule has 3 aromatic rings. The van der Waals surface area contributed by atoms with Crippen LogP contribution in [0.3, 0.4) is 0 Å². The Labute approximate surface area is 189 Å². The van der Waals surface area contributed by atoms with Crippen LogP contribution in [0.25, 0.3) is 10.9 Å². The minimum absolute atomic E-state index is 0.0237. The number of halogens is 1. The second-order valence-corrected chi connectivity index (χ2v) is 8.05. The van der Waals surface area contributed by atoms with Gasteiger partial charge in [-0.05, 0) is 26.1 Å². The van der Waals surface area contributed by atoms with E-state index in [4.69, 9.17) is 28.1 Å². The summed E-state index contributed by atoms with van der Waals surface area (Å²) in [5, 5.41) is 15.3. The Balaban J connectivity index is 1.85. The molecule has 32 heavy (non-hydrogen) atoms. The number of hydrogen-bond acceptors (Lipinski definition) is 10. The highest BCUT2D eigenvalue weighted by Crippen LogP contribution is 2.25. The maximum absolute atomic E-state index is 13.6. The molecule has 0 amide bonds. The molecule has 1 aliphatic heterocycles. The number of nitrogens with one attached hydrogen (secondary N) is 1. The van der Waals surface area contributed by atoms with Crippen LogP contribution in [0.4, 0.5) is 17.6 Å². The normalized spacial score (nSPS) is 15.5. The third-order valence-corrected chi connectivity index (χ3v) is 5.73. The van der Waals surface area contributed by atoms with Gasteiger partial charge in [-0.25, -0.2) is 9.66 Å². The number of benzene rings is 1. The van der Waals surface area contributed by atoms with Crippen molar-refractivity contribution in [3.63, 3.8) is 0 Å². The lowest BCUT2D eigenvalue weighted by Crippen LogP contribution is -2.54. The molecule has 0 bridgehead atoms. The Bertz CT molecular complexity index is 1280. The monoisotopic (exact) mass is 454 g/mol. The van der Waals surface area contributed by atoms with Crippen LogP contribution in [0.2, 0.25) is 5.02 Å². The number of nitrogens with zero attached hydrogens (tertiary/aromatic N) is 7. The van der Waals surface area contributed by atoms with Crippen LogP contribution in [-0.2, 0) is 0 Å². The molecule has 12 heteroatoms. The van der Waals surface area contributed by atoms with E-state index in [1.807, 2.05) is 25.0 Å². The van der Waals surface area contributed by atoms with E-state index >= 15 is 0 Å². The number of nitriles is 1. The van der Waals surface area contributed by atoms with Crippen molar-refractivity contribution in [1.82, 2.24) is 24.5 Å². The summed E-state index contributed by atoms with van der Waals surface area (Å²) >= 11 is 6.36. The first-order chi connectivity index (χ1) is 15.3. The zero-order valence-corrected chi connectivity index (χ0v) is 18.5. The predicted octanol–water partition coefficient (Wildman–Crippen LogP) is 0.932. The van der Waals surface area contributed by atoms with E-state index in [9.17, 15) is 10.1 Å². The van der Waals surface area contributed by atoms with E-state index in [-0.39, 0.29) is 28.7 Å². The molecular formula is C20H23ClN10O. The van der Waals surface area contributed by atoms with E-state index in [0.29, 0.717) is 34.8 Å². The summed E-state index contributed by atoms with van der Waals surface area (Å²) in [6.07, 6.45) is 0. The summed E-state index contributed by atoms with van der Waals surface area (Å²) in [6.45, 7) is 4.70. The van der Waals surface area contributed by atoms with E-state index < -0.39 is 6.04 Å². The van der Waals surface area contributed by atoms with Crippen molar-refractivity contribution in [3.8, 4) is 6.07 Å². The first-order valence-electron chi connectivity index (χ1n) is 10.0. The van der Waals surface area contributed by atoms with Gasteiger partial charge in [0.15, 0.2) is 11.6 Å². The Morgan fingerprint density at radius 3 is 2.59 bits per heavy atom. The molecule has 1 aromatic carbocycles. The molecule has 1 aliphatic rings. The maximum Gasteiger partial charge on any atom is 0.281 e. The minimum atomic E-state index is -0.522. The largest absolute Gasteiger partial charge is 0.382 e. The first-order valence-corrected chi connectivity index (χ1v) is 10.4. The highest BCUT2D eigenvalue weighted by molar-refractivity contribution is 6.35. The Hall–Kier alpha value is -3.62. The number of hydrogen-bond donors (Lipinski definition) is 3. The Morgan fingerprint density at radius 2 is 1.91 bits per heavy atom. The molecule has 1 fully saturated rings. The molecule has 0 spiro atoms. The van der Waals surface area contributed by atoms with Crippen LogP contribution in [0, 0.1) is 11.3 Å². The quantitative estimate of drug-likeness (QED) is 0.518. The molecule has 2 aromatic heterocycles. The van der Waals surface area contributed by atoms with Crippen LogP contribution < -0.4 is 27.4 Å². The van der Waals surface area contributed by atoms with E-state index in [0.717, 1.165) is 13.1 Å². The molecule has 0 radical (unpaired) electrons. The molecule has 1 atom stereocenters. The van der Waals surface area contributed by atoms with Crippen molar-refractivity contribution >= 4 is 40.1 Å². The van der Waals surface area contributed by atoms with Gasteiger partial charge in [0, 0.05) is 26.2 Å². The van der Waals surface area contributed by atoms with Crippen molar-refractivity contribution in [2.24, 2.45) is 0 Å². The van der Waals surface area contributed by atoms with Crippen LogP contribution in [0.5, 0.6) is 0 Å². The van der Waals surface area contributed by atoms with Crippen LogP contribution >= 0.6 is 11.6 Å². The van der Waals surface area contributed by atoms with Crippen LogP contribution in [0.1, 0.15) is 24.4 Å². The van der Waals surface area contributed by atoms with E-state index in [1.165, 1.54) is 0 Å². The zero-order valence-electron chi connectivity index (χ0n) is 17.7. The zero-order chi connectivity index (χ0) is 23.0. The average molecular weight is 455 g/mol. The number of fused-ring (bicyclic) bond motifs is 1. The molecule has 0 aliphatic carbocycles. The van der Waals surface area contributed by atoms with Crippen LogP contribution in [0.15, 0.2) is 23.0 Å². The number of nitrogen functional groups attached to an aromatic ring is 2. The third kappa shape index (κ3) is 3.86. The standard InChI is InChI=1S/C20H23ClN10O/c1-11(25-17-12(10-22)16(23)27-20(24)28-17)18-26-14-5-3-4-13(21)15(14)19(32)31(18)30-8-6-29(2)7-9-30/h3-5,11H,6-9H2,1-2H3,(H5,23,24,25,27,28). The fourth-order valence-corrected chi connectivity index (χ4v) is 3.98. The van der Waals surface area contributed by atoms with Crippen molar-refractivity contribution < 1.29 is 0 Å². The maximum atomic E-state index is 13.6. The number of likely N-dealkylation sites (N-methyl/N-ethyl adjacent to an activating group) is 1. The second kappa shape index (κ2) is 8.49. The van der Waals surface area contributed by atoms with E-state index in [2.05, 4.69) is 20.2 Å². The van der Waals surface area contributed by atoms with Gasteiger partial charge in [-0.1, -0.05) is 17.7 Å². The smallest absolute Gasteiger partial charge is 0.281 e. The van der Waals surface area contributed by atoms with Gasteiger partial charge in [0.05, 0.1) is 22.0 Å². The fraction of sp³-hybridized carbons (Fsp3) is 0.350. The molecule has 166 valence electrons. The Kier molecular flexibility index (Phi) is 5.73. The molecule has 11 nitrogen and oxygen atoms in total. The number of nitrogens with two attached hydrogens (primary N) is 2. The van der Waals surface area contributed by atoms with Crippen LogP contribution in [-0.4, -0.2) is 57.8 Å². The molecule has 5 N–H and O–H groups in total. The molecule has 0 saturated carbocycles. The van der Waals surface area contributed by atoms with Crippen molar-refractivity contribution in [1.29, 1.82) is 5.26 Å². The molecular weight excluding hydrogens is 432 g/mol. The van der Waals surface area contributed by atoms with E-state index in [1.54, 1.807) is 22.9 Å². The van der Waals surface area contributed by atoms with Gasteiger partial charge in [-0.2, -0.15) is 15.2 Å². The number of anilines is 3. The fourth-order valence-electron chi connectivity index (χ4n) is 3.73. The summed E-state index contributed by atoms with van der Waals surface area (Å²) in [7, 11) is 2.04. The highest BCUT2D eigenvalue weighted by Gasteiger charge is 2.25. The van der Waals surface area contributed by atoms with Gasteiger partial charge in [0.25, 0.3) is 5.56 Å². The van der Waals surface area contributed by atoms with Gasteiger partial charge in [0.1, 0.15) is 17.5 Å². The summed E-state index contributed by atoms with van der Waals surface area (Å²) in [4.78, 5) is 28.5. The van der Waals surface area contributed by atoms with Crippen molar-refractivity contribution in [3.05, 3.63) is 45.0 Å². The lowest BCUT2D eigenvalue weighted by Gasteiger charge is -2.36. The summed E-state index contributed by atoms with van der Waals surface area (Å²) < 4.78 is 1.57. The molecule has 4 rings (SSSR count). The van der Waals surface area contributed by atoms with Gasteiger partial charge in [0.2, 0.25) is 5.95 Å². The van der Waals surface area contributed by atoms with Crippen molar-refractivity contribution in [2.45, 2.75) is 13.0 Å². The number of rotatable bonds is 4. The lowest BCUT2D eigenvalue weighted by molar-refractivity contribution is 0.282. The van der Waals surface area contributed by atoms with Gasteiger partial charge >= 0.3 is 0 Å². The van der Waals surface area contributed by atoms with Gasteiger partial charge in [-0.3, -0.25) is 4.79 Å². The first kappa shape index (κ1) is 21.6. The predicted molar refractivity (Wildman–Crippen MR) is 124 cm³/mol. The van der Waals surface area contributed by atoms with Gasteiger partial charge in [-0.15, -0.1) is 0 Å². The number of aromatic nitrogens is 4. The third-order valence-electron chi connectivity index (χ3n) is 5.42. The number of piperazine rings is 1. The SMILES string of the molecule is CC(Nc1nc(N)nc(N)c1C#N)c1nc2cccc(Cl)c2c(=O)n1N1CCN(C)CC1. The highest BCUT2D eigenvalue weighted by atomic mass is 35.5. The summed E-state index contributed by atoms with van der Waals surface area (Å²) in [5.74, 6) is 0.541. The lowest BCUT2D eigenvalue weighted by atomic mass is 10.2. The molecule has 1 saturated heterocycles. The summed E-state index contributed by atoms with van der Waals surface area (Å²) in [6, 6.07) is 6.64. The minimum Gasteiger partial charge on any atom is -0.382 e. The van der Waals surface area contributed by atoms with Crippen molar-refractivity contribution in [2.75, 3.05) is 55.0 Å². The van der Waals surface area contributed by atoms with Gasteiger partial charge < -0.3 is 26.7 Å². The Morgan fingerprint density at radius 1 is 1.19 bits per heavy atom. The topological polar surface area (TPSA) is 155 Å².